The van der Waals surface area contributed by atoms with Gasteiger partial charge in [-0.1, -0.05) is 36.4 Å². The number of primary amides is 2. The summed E-state index contributed by atoms with van der Waals surface area (Å²) in [5.74, 6) is -15.7. The van der Waals surface area contributed by atoms with Gasteiger partial charge in [0.2, 0.25) is 59.1 Å². The summed E-state index contributed by atoms with van der Waals surface area (Å²) in [6.45, 7) is 0.163. The molecule has 31 heteroatoms. The second kappa shape index (κ2) is 30.6. The molecule has 1 aliphatic heterocycles. The molecule has 462 valence electrons. The maximum Gasteiger partial charge on any atom is 0.336 e. The number of carboxylic acid groups (broad SMARTS) is 2. The number of carbonyl (C=O) groups excluding carboxylic acids is 11. The zero-order valence-electron chi connectivity index (χ0n) is 46.7. The molecule has 0 aromatic heterocycles. The molecule has 8 atom stereocenters. The lowest BCUT2D eigenvalue weighted by molar-refractivity contribution is -0.141. The normalized spacial score (nSPS) is 13.7. The Morgan fingerprint density at radius 1 is 0.621 bits per heavy atom. The van der Waals surface area contributed by atoms with Gasteiger partial charge in [-0.05, 0) is 67.8 Å². The van der Waals surface area contributed by atoms with E-state index in [0.717, 1.165) is 19.9 Å². The van der Waals surface area contributed by atoms with E-state index in [4.69, 9.17) is 15.9 Å². The third kappa shape index (κ3) is 18.8. The molecule has 0 spiro atoms. The minimum absolute atomic E-state index is 0.0462. The highest BCUT2D eigenvalue weighted by Crippen LogP contribution is 2.42. The summed E-state index contributed by atoms with van der Waals surface area (Å²) >= 11 is 0. The van der Waals surface area contributed by atoms with Crippen molar-refractivity contribution in [1.82, 2.24) is 47.9 Å². The topological polar surface area (TPSA) is 514 Å². The van der Waals surface area contributed by atoms with E-state index >= 15 is 0 Å². The fourth-order valence-electron chi connectivity index (χ4n) is 8.58. The van der Waals surface area contributed by atoms with E-state index in [1.165, 1.54) is 55.6 Å². The van der Waals surface area contributed by atoms with E-state index < -0.39 is 175 Å². The molecule has 5 rings (SSSR count). The number of phenols is 1. The number of aliphatic hydroxyl groups excluding tert-OH is 2. The van der Waals surface area contributed by atoms with Crippen molar-refractivity contribution in [3.05, 3.63) is 112 Å². The second-order valence-electron chi connectivity index (χ2n) is 19.6. The Bertz CT molecular complexity index is 3500. The van der Waals surface area contributed by atoms with Gasteiger partial charge in [0.05, 0.1) is 37.7 Å². The number of nitrogens with two attached hydrogens (primary N) is 2. The molecule has 0 saturated heterocycles. The van der Waals surface area contributed by atoms with Crippen LogP contribution >= 0.6 is 0 Å². The van der Waals surface area contributed by atoms with Crippen LogP contribution in [0.5, 0.6) is 5.75 Å². The van der Waals surface area contributed by atoms with Crippen LogP contribution in [-0.4, -0.2) is 171 Å². The summed E-state index contributed by atoms with van der Waals surface area (Å²) in [5.41, 5.74) is 11.1. The van der Waals surface area contributed by atoms with Crippen LogP contribution in [0.3, 0.4) is 0 Å². The monoisotopic (exact) mass is 1210 g/mol. The minimum Gasteiger partial charge on any atom is -0.508 e. The predicted molar refractivity (Wildman–Crippen MR) is 302 cm³/mol. The van der Waals surface area contributed by atoms with Gasteiger partial charge >= 0.3 is 11.9 Å². The molecule has 1 aliphatic carbocycles. The molecule has 0 radical (unpaired) electrons. The highest BCUT2D eigenvalue weighted by molar-refractivity contribution is 6.09. The lowest BCUT2D eigenvalue weighted by Gasteiger charge is -2.27. The molecular formula is C56H63N11O20. The van der Waals surface area contributed by atoms with Gasteiger partial charge in [-0.15, -0.1) is 0 Å². The molecule has 3 aromatic rings. The summed E-state index contributed by atoms with van der Waals surface area (Å²) in [6.07, 6.45) is -4.95. The van der Waals surface area contributed by atoms with E-state index in [2.05, 4.69) is 42.5 Å². The number of aliphatic carboxylic acids is 1. The summed E-state index contributed by atoms with van der Waals surface area (Å²) < 4.78 is 5.83. The number of aromatic carboxylic acids is 1. The average molecular weight is 1210 g/mol. The van der Waals surface area contributed by atoms with Crippen LogP contribution in [0.15, 0.2) is 94.1 Å². The van der Waals surface area contributed by atoms with Crippen LogP contribution in [0.25, 0.3) is 33.4 Å². The van der Waals surface area contributed by atoms with Gasteiger partial charge in [0, 0.05) is 54.1 Å². The van der Waals surface area contributed by atoms with Crippen LogP contribution in [0, 0.1) is 0 Å². The van der Waals surface area contributed by atoms with E-state index in [1.54, 1.807) is 30.3 Å². The van der Waals surface area contributed by atoms with E-state index in [1.807, 2.05) is 5.32 Å². The molecule has 0 bridgehead atoms. The highest BCUT2D eigenvalue weighted by Gasteiger charge is 2.36. The number of phenolic OH excluding ortho intramolecular Hbond substituents is 1. The maximum absolute atomic E-state index is 13.9. The molecular weight excluding hydrogens is 1150 g/mol. The summed E-state index contributed by atoms with van der Waals surface area (Å²) in [7, 11) is 1.17. The lowest BCUT2D eigenvalue weighted by atomic mass is 9.90. The summed E-state index contributed by atoms with van der Waals surface area (Å²) in [5, 5.41) is 70.8. The van der Waals surface area contributed by atoms with Crippen LogP contribution < -0.4 is 64.7 Å². The lowest BCUT2D eigenvalue weighted by Crippen LogP contribution is -2.61. The van der Waals surface area contributed by atoms with Crippen molar-refractivity contribution in [1.29, 1.82) is 0 Å². The first-order chi connectivity index (χ1) is 41.1. The number of nitrogens with one attached hydrogen (secondary N) is 9. The Morgan fingerprint density at radius 3 is 1.84 bits per heavy atom. The van der Waals surface area contributed by atoms with Gasteiger partial charge in [-0.2, -0.15) is 0 Å². The number of aromatic hydroxyl groups is 1. The zero-order chi connectivity index (χ0) is 64.4. The van der Waals surface area contributed by atoms with Gasteiger partial charge in [-0.25, -0.2) is 4.79 Å². The van der Waals surface area contributed by atoms with Crippen LogP contribution in [0.4, 0.5) is 0 Å². The largest absolute Gasteiger partial charge is 0.508 e. The number of fused-ring (bicyclic) bond motifs is 2. The van der Waals surface area contributed by atoms with Gasteiger partial charge in [0.1, 0.15) is 59.4 Å². The van der Waals surface area contributed by atoms with Crippen molar-refractivity contribution in [2.75, 3.05) is 20.2 Å². The number of rotatable bonds is 30. The number of hydrogen-bond donors (Lipinski definition) is 16. The quantitative estimate of drug-likeness (QED) is 0.0195. The number of carbonyl (C=O) groups is 13. The number of amides is 11. The molecule has 31 nitrogen and oxygen atoms in total. The van der Waals surface area contributed by atoms with Crippen LogP contribution in [0.2, 0.25) is 0 Å². The molecule has 11 amide bonds. The zero-order valence-corrected chi connectivity index (χ0v) is 46.7. The molecule has 18 N–H and O–H groups in total. The Balaban J connectivity index is 1.24. The second-order valence-corrected chi connectivity index (χ2v) is 19.6. The molecule has 0 saturated carbocycles. The highest BCUT2D eigenvalue weighted by atomic mass is 16.4. The van der Waals surface area contributed by atoms with Crippen molar-refractivity contribution < 1.29 is 92.3 Å². The molecule has 87 heavy (non-hydrogen) atoms. The third-order valence-corrected chi connectivity index (χ3v) is 13.1. The Morgan fingerprint density at radius 2 is 1.23 bits per heavy atom. The maximum atomic E-state index is 13.9. The average Bonchev–Trinajstić information content (AvgIpc) is 0.898. The third-order valence-electron chi connectivity index (χ3n) is 13.1. The van der Waals surface area contributed by atoms with E-state index in [9.17, 15) is 92.7 Å². The molecule has 2 aliphatic rings. The summed E-state index contributed by atoms with van der Waals surface area (Å²) in [4.78, 5) is 181. The first kappa shape index (κ1) is 67.0. The summed E-state index contributed by atoms with van der Waals surface area (Å²) in [6, 6.07) is 7.38. The number of benzene rings is 4. The SMILES string of the molecule is CNC(=O)C[C@H](NC(=O)[C@H](CCC(N)=O)NC(=O)[C@H](CC(=O)O)NC(=O)[C@H](CO)NC(=O)CNC(=O)c1ccc(-c2c3ccc(=O)cc-3oc3cc(O)ccc23)c(C(=O)O)c1)C(=O)N[C@@H](C)C(=O)N[C@H](C(=O)N[C@@H](Cc1ccccc1)C(N)=O)[C@@H](C)O. The van der Waals surface area contributed by atoms with Gasteiger partial charge in [-0.3, -0.25) is 62.3 Å². The Labute approximate surface area is 492 Å². The van der Waals surface area contributed by atoms with Gasteiger partial charge in [0.15, 0.2) is 5.43 Å². The molecule has 0 fully saturated rings. The smallest absolute Gasteiger partial charge is 0.336 e. The molecule has 0 unspecified atom stereocenters. The number of carboxylic acids is 2. The van der Waals surface area contributed by atoms with Gasteiger partial charge < -0.3 is 89.3 Å². The molecule has 1 heterocycles. The number of hydrogen-bond acceptors (Lipinski definition) is 18. The van der Waals surface area contributed by atoms with Crippen LogP contribution in [0.1, 0.15) is 65.8 Å². The first-order valence-electron chi connectivity index (χ1n) is 26.4. The van der Waals surface area contributed by atoms with Crippen molar-refractivity contribution in [3.63, 3.8) is 0 Å². The Hall–Kier alpha value is -10.8. The predicted octanol–water partition coefficient (Wildman–Crippen LogP) is -3.91. The molecule has 3 aromatic carbocycles. The van der Waals surface area contributed by atoms with Gasteiger partial charge in [0.25, 0.3) is 5.91 Å². The fourth-order valence-corrected chi connectivity index (χ4v) is 8.58. The Kier molecular flexibility index (Phi) is 23.6. The van der Waals surface area contributed by atoms with Crippen molar-refractivity contribution in [2.45, 2.75) is 94.3 Å². The fraction of sp³-hybridized carbons (Fsp3) is 0.321. The van der Waals surface area contributed by atoms with E-state index in [0.29, 0.717) is 16.5 Å². The minimum atomic E-state index is -2.11. The van der Waals surface area contributed by atoms with Crippen molar-refractivity contribution in [2.24, 2.45) is 11.5 Å². The van der Waals surface area contributed by atoms with Crippen molar-refractivity contribution >= 4 is 87.9 Å². The van der Waals surface area contributed by atoms with Crippen molar-refractivity contribution in [3.8, 4) is 28.2 Å². The standard InChI is InChI=1S/C56H63N11O20/c1-25(49(78)67-47(26(2)69)55(84)64-36(48(58)77)17-27-7-5-4-6-8-27)61-52(81)37(21-43(73)59-3)65-51(80)35(15-16-42(57)72)63-53(82)38(22-45(75)76)66-54(83)39(24-68)62-44(74)23-60-50(79)28-9-12-31(34(18-28)56(85)86)46-32-13-10-29(70)19-40(32)87-41-20-30(71)11-14-33(41)46/h4-14,18-20,25-26,35-39,47,68-70H,15-17,21-24H2,1-3H3,(H2,57,72)(H2,58,77)(H,59,73)(H,60,79)(H,61,81)(H,62,74)(H,63,82)(H,64,84)(H,65,80)(H,66,83)(H,67,78)(H,75,76)(H,85,86)/t25-,26+,35-,36-,37-,38-,39-,47-/m0/s1. The van der Waals surface area contributed by atoms with E-state index in [-0.39, 0.29) is 40.2 Å². The first-order valence-corrected chi connectivity index (χ1v) is 26.4. The number of aliphatic hydroxyl groups is 2. The van der Waals surface area contributed by atoms with Crippen LogP contribution in [-0.2, 0) is 59.2 Å².